The Morgan fingerprint density at radius 1 is 1.24 bits per heavy atom. The molecule has 0 radical (unpaired) electrons. The van der Waals surface area contributed by atoms with E-state index in [1.807, 2.05) is 0 Å². The molecule has 0 amide bonds. The van der Waals surface area contributed by atoms with Gasteiger partial charge in [-0.2, -0.15) is 4.31 Å². The number of rotatable bonds is 6. The Labute approximate surface area is 175 Å². The normalized spacial score (nSPS) is 22.4. The number of benzene rings is 1. The number of nitrogens with zero attached hydrogens (tertiary/aromatic N) is 1. The lowest BCUT2D eigenvalue weighted by molar-refractivity contribution is 0.251. The molecular formula is C19H22ClFN2O4S2. The zero-order chi connectivity index (χ0) is 21.6. The second kappa shape index (κ2) is 7.63. The van der Waals surface area contributed by atoms with E-state index in [1.54, 1.807) is 0 Å². The smallest absolute Gasteiger partial charge is 0.244 e. The van der Waals surface area contributed by atoms with Crippen molar-refractivity contribution in [2.45, 2.75) is 35.1 Å². The van der Waals surface area contributed by atoms with Gasteiger partial charge >= 0.3 is 0 Å². The van der Waals surface area contributed by atoms with Gasteiger partial charge in [-0.15, -0.1) is 0 Å². The van der Waals surface area contributed by atoms with E-state index >= 15 is 0 Å². The number of sulfonamides is 1. The van der Waals surface area contributed by atoms with Crippen LogP contribution in [0.15, 0.2) is 64.0 Å². The van der Waals surface area contributed by atoms with E-state index in [9.17, 15) is 21.2 Å². The molecule has 158 valence electrons. The summed E-state index contributed by atoms with van der Waals surface area (Å²) in [5.74, 6) is -1.23. The van der Waals surface area contributed by atoms with Gasteiger partial charge in [-0.05, 0) is 49.0 Å². The first kappa shape index (κ1) is 22.2. The van der Waals surface area contributed by atoms with Crippen LogP contribution in [0.1, 0.15) is 19.3 Å². The number of piperidine rings is 1. The number of allylic oxidation sites excluding steroid dienone is 3. The molecule has 1 aromatic rings. The predicted molar refractivity (Wildman–Crippen MR) is 110 cm³/mol. The molecule has 1 aliphatic carbocycles. The molecule has 1 saturated heterocycles. The monoisotopic (exact) mass is 460 g/mol. The maximum Gasteiger partial charge on any atom is 0.244 e. The standard InChI is InChI=1S/C19H22ClFN2O4S2/c1-3-4-15(13(2)21)28(24,25)17-11-14(20)5-6-16(17)29(26,27)23-9-7-19(8-10-23)12-18(19)22/h3-6,11,18H,1-2,7-10,12,22H2/b15-4+/t18-/m1/s1. The molecule has 3 rings (SSSR count). The van der Waals surface area contributed by atoms with Crippen LogP contribution in [0.5, 0.6) is 0 Å². The summed E-state index contributed by atoms with van der Waals surface area (Å²) in [6.45, 7) is 6.88. The maximum absolute atomic E-state index is 13.9. The number of sulfone groups is 1. The molecule has 2 aliphatic rings. The molecular weight excluding hydrogens is 439 g/mol. The number of hydrogen-bond acceptors (Lipinski definition) is 5. The minimum Gasteiger partial charge on any atom is -0.327 e. The molecule has 10 heteroatoms. The summed E-state index contributed by atoms with van der Waals surface area (Å²) >= 11 is 5.94. The first-order valence-corrected chi connectivity index (χ1v) is 12.2. The van der Waals surface area contributed by atoms with E-state index in [0.29, 0.717) is 12.8 Å². The molecule has 0 aromatic heterocycles. The van der Waals surface area contributed by atoms with Gasteiger partial charge < -0.3 is 5.73 Å². The van der Waals surface area contributed by atoms with Crippen LogP contribution in [-0.2, 0) is 19.9 Å². The topological polar surface area (TPSA) is 97.5 Å². The van der Waals surface area contributed by atoms with Crippen LogP contribution in [0, 0.1) is 5.41 Å². The Morgan fingerprint density at radius 3 is 2.31 bits per heavy atom. The third kappa shape index (κ3) is 3.94. The highest BCUT2D eigenvalue weighted by molar-refractivity contribution is 7.96. The van der Waals surface area contributed by atoms with Gasteiger partial charge in [-0.25, -0.2) is 21.2 Å². The highest BCUT2D eigenvalue weighted by atomic mass is 35.5. The molecule has 1 heterocycles. The van der Waals surface area contributed by atoms with E-state index < -0.39 is 40.4 Å². The molecule has 1 aliphatic heterocycles. The van der Waals surface area contributed by atoms with Crippen LogP contribution in [0.2, 0.25) is 5.02 Å². The molecule has 2 N–H and O–H groups in total. The van der Waals surface area contributed by atoms with Gasteiger partial charge in [0.2, 0.25) is 19.9 Å². The molecule has 29 heavy (non-hydrogen) atoms. The highest BCUT2D eigenvalue weighted by Gasteiger charge is 2.54. The van der Waals surface area contributed by atoms with E-state index in [1.165, 1.54) is 10.4 Å². The van der Waals surface area contributed by atoms with Crippen LogP contribution in [0.25, 0.3) is 0 Å². The zero-order valence-corrected chi connectivity index (χ0v) is 18.0. The van der Waals surface area contributed by atoms with Crippen molar-refractivity contribution >= 4 is 31.5 Å². The van der Waals surface area contributed by atoms with Gasteiger partial charge in [0, 0.05) is 24.2 Å². The van der Waals surface area contributed by atoms with Crippen molar-refractivity contribution in [3.8, 4) is 0 Å². The average Bonchev–Trinajstić information content (AvgIpc) is 3.27. The van der Waals surface area contributed by atoms with Crippen LogP contribution in [0.3, 0.4) is 0 Å². The molecule has 1 saturated carbocycles. The molecule has 0 unspecified atom stereocenters. The number of nitrogens with two attached hydrogens (primary N) is 1. The van der Waals surface area contributed by atoms with Gasteiger partial charge in [0.25, 0.3) is 0 Å². The Balaban J connectivity index is 2.06. The van der Waals surface area contributed by atoms with Gasteiger partial charge in [-0.3, -0.25) is 0 Å². The van der Waals surface area contributed by atoms with Gasteiger partial charge in [0.15, 0.2) is 0 Å². The molecule has 1 atom stereocenters. The summed E-state index contributed by atoms with van der Waals surface area (Å²) in [5.41, 5.74) is 5.96. The van der Waals surface area contributed by atoms with Crippen LogP contribution >= 0.6 is 11.6 Å². The third-order valence-electron chi connectivity index (χ3n) is 5.61. The summed E-state index contributed by atoms with van der Waals surface area (Å²) in [5, 5.41) is 0.00602. The van der Waals surface area contributed by atoms with Crippen LogP contribution in [-0.4, -0.2) is 40.3 Å². The quantitative estimate of drug-likeness (QED) is 0.657. The first-order valence-electron chi connectivity index (χ1n) is 8.93. The van der Waals surface area contributed by atoms with E-state index in [4.69, 9.17) is 17.3 Å². The summed E-state index contributed by atoms with van der Waals surface area (Å²) < 4.78 is 67.7. The zero-order valence-electron chi connectivity index (χ0n) is 15.6. The fourth-order valence-corrected chi connectivity index (χ4v) is 7.52. The van der Waals surface area contributed by atoms with Crippen LogP contribution < -0.4 is 5.73 Å². The van der Waals surface area contributed by atoms with E-state index in [2.05, 4.69) is 13.2 Å². The number of halogens is 2. The van der Waals surface area contributed by atoms with Crippen molar-refractivity contribution in [3.05, 3.63) is 59.3 Å². The van der Waals surface area contributed by atoms with Crippen molar-refractivity contribution in [2.75, 3.05) is 13.1 Å². The Hall–Kier alpha value is -1.52. The summed E-state index contributed by atoms with van der Waals surface area (Å²) in [6.07, 6.45) is 4.11. The fraction of sp³-hybridized carbons (Fsp3) is 0.368. The lowest BCUT2D eigenvalue weighted by atomic mass is 9.94. The Bertz CT molecular complexity index is 1110. The van der Waals surface area contributed by atoms with Crippen LogP contribution in [0.4, 0.5) is 4.39 Å². The minimum atomic E-state index is -4.55. The van der Waals surface area contributed by atoms with Crippen molar-refractivity contribution in [1.29, 1.82) is 0 Å². The maximum atomic E-state index is 13.9. The molecule has 0 bridgehead atoms. The lowest BCUT2D eigenvalue weighted by Gasteiger charge is -2.32. The van der Waals surface area contributed by atoms with E-state index in [0.717, 1.165) is 30.7 Å². The molecule has 1 aromatic carbocycles. The van der Waals surface area contributed by atoms with Gasteiger partial charge in [0.05, 0.1) is 4.90 Å². The largest absolute Gasteiger partial charge is 0.327 e. The lowest BCUT2D eigenvalue weighted by Crippen LogP contribution is -2.40. The SMILES string of the molecule is C=C/C=C(\C(=C)F)S(=O)(=O)c1cc(Cl)ccc1S(=O)(=O)N1CCC2(CC1)C[C@H]2N. The van der Waals surface area contributed by atoms with Crippen molar-refractivity contribution < 1.29 is 21.2 Å². The second-order valence-electron chi connectivity index (χ2n) is 7.34. The van der Waals surface area contributed by atoms with Crippen molar-refractivity contribution in [1.82, 2.24) is 4.31 Å². The molecule has 2 fully saturated rings. The highest BCUT2D eigenvalue weighted by Crippen LogP contribution is 2.53. The molecule has 6 nitrogen and oxygen atoms in total. The van der Waals surface area contributed by atoms with Gasteiger partial charge in [0.1, 0.15) is 15.6 Å². The number of hydrogen-bond donors (Lipinski definition) is 1. The Kier molecular flexibility index (Phi) is 5.83. The summed E-state index contributed by atoms with van der Waals surface area (Å²) in [4.78, 5) is -1.82. The van der Waals surface area contributed by atoms with Crippen molar-refractivity contribution in [2.24, 2.45) is 11.1 Å². The average molecular weight is 461 g/mol. The minimum absolute atomic E-state index is 0.00602. The van der Waals surface area contributed by atoms with Crippen molar-refractivity contribution in [3.63, 3.8) is 0 Å². The fourth-order valence-electron chi connectivity index (χ4n) is 3.72. The summed E-state index contributed by atoms with van der Waals surface area (Å²) in [6, 6.07) is 3.51. The summed E-state index contributed by atoms with van der Waals surface area (Å²) in [7, 11) is -8.71. The van der Waals surface area contributed by atoms with Gasteiger partial charge in [-0.1, -0.05) is 30.8 Å². The Morgan fingerprint density at radius 2 is 1.83 bits per heavy atom. The second-order valence-corrected chi connectivity index (χ2v) is 11.6. The third-order valence-corrected chi connectivity index (χ3v) is 9.78. The first-order chi connectivity index (χ1) is 13.5. The predicted octanol–water partition coefficient (Wildman–Crippen LogP) is 3.17. The molecule has 1 spiro atoms. The van der Waals surface area contributed by atoms with E-state index in [-0.39, 0.29) is 29.6 Å².